The molecule has 2 aromatic rings. The minimum atomic E-state index is -1.04. The normalized spacial score (nSPS) is 11.1. The molecule has 0 aliphatic carbocycles. The molecule has 0 aliphatic rings. The number of halogens is 2. The van der Waals surface area contributed by atoms with Crippen LogP contribution in [0.1, 0.15) is 11.6 Å². The standard InChI is InChI=1S/C17H17FN2O3.ClH/c1-23-17(22)16(12-7-9-13(18)10-8-12)20(15(21)11-19)14-5-3-2-4-6-14;/h2-10,16H,11,19H2,1H3;1H/t16-;/m0./s1. The zero-order chi connectivity index (χ0) is 16.8. The number of rotatable bonds is 5. The van der Waals surface area contributed by atoms with Crippen LogP contribution in [0.25, 0.3) is 0 Å². The average molecular weight is 353 g/mol. The number of nitrogens with two attached hydrogens (primary N) is 1. The fraction of sp³-hybridized carbons (Fsp3) is 0.176. The van der Waals surface area contributed by atoms with E-state index in [0.717, 1.165) is 0 Å². The van der Waals surface area contributed by atoms with Gasteiger partial charge in [0.2, 0.25) is 5.91 Å². The zero-order valence-corrected chi connectivity index (χ0v) is 13.8. The van der Waals surface area contributed by atoms with Gasteiger partial charge in [0, 0.05) is 5.69 Å². The average Bonchev–Trinajstić information content (AvgIpc) is 2.60. The number of para-hydroxylation sites is 1. The molecule has 2 aromatic carbocycles. The van der Waals surface area contributed by atoms with Crippen molar-refractivity contribution in [3.63, 3.8) is 0 Å². The summed E-state index contributed by atoms with van der Waals surface area (Å²) in [5.41, 5.74) is 6.43. The number of carbonyl (C=O) groups excluding carboxylic acids is 2. The van der Waals surface area contributed by atoms with Crippen LogP contribution >= 0.6 is 12.4 Å². The molecule has 0 aromatic heterocycles. The molecule has 0 heterocycles. The van der Waals surface area contributed by atoms with Crippen LogP contribution in [0.3, 0.4) is 0 Å². The second-order valence-corrected chi connectivity index (χ2v) is 4.78. The summed E-state index contributed by atoms with van der Waals surface area (Å²) in [4.78, 5) is 25.9. The van der Waals surface area contributed by atoms with Gasteiger partial charge in [0.15, 0.2) is 6.04 Å². The summed E-state index contributed by atoms with van der Waals surface area (Å²) in [6.07, 6.45) is 0. The lowest BCUT2D eigenvalue weighted by Gasteiger charge is -2.30. The molecular formula is C17H18ClFN2O3. The van der Waals surface area contributed by atoms with Crippen LogP contribution in [-0.2, 0) is 14.3 Å². The first-order valence-electron chi connectivity index (χ1n) is 6.99. The number of benzene rings is 2. The fourth-order valence-electron chi connectivity index (χ4n) is 2.27. The van der Waals surface area contributed by atoms with Crippen molar-refractivity contribution in [3.8, 4) is 0 Å². The SMILES string of the molecule is COC(=O)[C@H](c1ccc(F)cc1)N(C(=O)CN)c1ccccc1.Cl. The van der Waals surface area contributed by atoms with Crippen molar-refractivity contribution in [2.75, 3.05) is 18.6 Å². The Kier molecular flexibility index (Phi) is 7.35. The van der Waals surface area contributed by atoms with E-state index in [4.69, 9.17) is 10.5 Å². The molecule has 128 valence electrons. The lowest BCUT2D eigenvalue weighted by molar-refractivity contribution is -0.143. The highest BCUT2D eigenvalue weighted by molar-refractivity contribution is 6.00. The summed E-state index contributed by atoms with van der Waals surface area (Å²) >= 11 is 0. The lowest BCUT2D eigenvalue weighted by atomic mass is 10.0. The molecule has 0 bridgehead atoms. The smallest absolute Gasteiger partial charge is 0.333 e. The largest absolute Gasteiger partial charge is 0.467 e. The van der Waals surface area contributed by atoms with Gasteiger partial charge in [-0.3, -0.25) is 9.69 Å². The van der Waals surface area contributed by atoms with Gasteiger partial charge in [0.25, 0.3) is 0 Å². The summed E-state index contributed by atoms with van der Waals surface area (Å²) in [5.74, 6) is -1.52. The van der Waals surface area contributed by atoms with Gasteiger partial charge in [-0.1, -0.05) is 30.3 Å². The number of nitrogens with zero attached hydrogens (tertiary/aromatic N) is 1. The van der Waals surface area contributed by atoms with Crippen LogP contribution in [0.15, 0.2) is 54.6 Å². The summed E-state index contributed by atoms with van der Waals surface area (Å²) in [5, 5.41) is 0. The second kappa shape index (κ2) is 9.00. The first-order valence-corrected chi connectivity index (χ1v) is 6.99. The fourth-order valence-corrected chi connectivity index (χ4v) is 2.27. The van der Waals surface area contributed by atoms with Crippen molar-refractivity contribution in [3.05, 3.63) is 66.0 Å². The molecule has 0 fully saturated rings. The Morgan fingerprint density at radius 3 is 2.21 bits per heavy atom. The van der Waals surface area contributed by atoms with Crippen molar-refractivity contribution in [2.45, 2.75) is 6.04 Å². The third-order valence-electron chi connectivity index (χ3n) is 3.35. The van der Waals surface area contributed by atoms with Gasteiger partial charge < -0.3 is 10.5 Å². The molecule has 24 heavy (non-hydrogen) atoms. The van der Waals surface area contributed by atoms with E-state index in [1.807, 2.05) is 0 Å². The summed E-state index contributed by atoms with van der Waals surface area (Å²) in [7, 11) is 1.23. The van der Waals surface area contributed by atoms with Gasteiger partial charge in [-0.25, -0.2) is 9.18 Å². The third-order valence-corrected chi connectivity index (χ3v) is 3.35. The molecule has 0 saturated heterocycles. The highest BCUT2D eigenvalue weighted by Gasteiger charge is 2.32. The molecule has 0 saturated carbocycles. The van der Waals surface area contributed by atoms with E-state index in [1.165, 1.54) is 36.3 Å². The number of ether oxygens (including phenoxy) is 1. The molecule has 0 aliphatic heterocycles. The van der Waals surface area contributed by atoms with Crippen molar-refractivity contribution < 1.29 is 18.7 Å². The summed E-state index contributed by atoms with van der Waals surface area (Å²) < 4.78 is 18.0. The minimum Gasteiger partial charge on any atom is -0.467 e. The zero-order valence-electron chi connectivity index (χ0n) is 13.0. The van der Waals surface area contributed by atoms with Crippen LogP contribution in [-0.4, -0.2) is 25.5 Å². The van der Waals surface area contributed by atoms with E-state index >= 15 is 0 Å². The van der Waals surface area contributed by atoms with Gasteiger partial charge in [0.1, 0.15) is 5.82 Å². The Hall–Kier alpha value is -2.44. The van der Waals surface area contributed by atoms with Gasteiger partial charge in [0.05, 0.1) is 13.7 Å². The van der Waals surface area contributed by atoms with E-state index in [-0.39, 0.29) is 19.0 Å². The van der Waals surface area contributed by atoms with Crippen LogP contribution in [0.5, 0.6) is 0 Å². The van der Waals surface area contributed by atoms with Crippen LogP contribution in [0, 0.1) is 5.82 Å². The third kappa shape index (κ3) is 4.31. The molecule has 0 unspecified atom stereocenters. The monoisotopic (exact) mass is 352 g/mol. The molecule has 0 spiro atoms. The van der Waals surface area contributed by atoms with Gasteiger partial charge >= 0.3 is 5.97 Å². The van der Waals surface area contributed by atoms with E-state index in [0.29, 0.717) is 11.3 Å². The van der Waals surface area contributed by atoms with E-state index in [1.54, 1.807) is 30.3 Å². The van der Waals surface area contributed by atoms with Crippen LogP contribution in [0.2, 0.25) is 0 Å². The maximum atomic E-state index is 13.2. The highest BCUT2D eigenvalue weighted by Crippen LogP contribution is 2.28. The lowest BCUT2D eigenvalue weighted by Crippen LogP contribution is -2.42. The molecular weight excluding hydrogens is 335 g/mol. The molecule has 5 nitrogen and oxygen atoms in total. The van der Waals surface area contributed by atoms with E-state index in [9.17, 15) is 14.0 Å². The minimum absolute atomic E-state index is 0. The number of hydrogen-bond donors (Lipinski definition) is 1. The van der Waals surface area contributed by atoms with Gasteiger partial charge in [-0.15, -0.1) is 12.4 Å². The quantitative estimate of drug-likeness (QED) is 0.839. The predicted molar refractivity (Wildman–Crippen MR) is 91.4 cm³/mol. The molecule has 1 amide bonds. The van der Waals surface area contributed by atoms with Crippen LogP contribution < -0.4 is 10.6 Å². The highest BCUT2D eigenvalue weighted by atomic mass is 35.5. The first kappa shape index (κ1) is 19.6. The predicted octanol–water partition coefficient (Wildman–Crippen LogP) is 2.45. The molecule has 0 radical (unpaired) electrons. The number of methoxy groups -OCH3 is 1. The number of anilines is 1. The van der Waals surface area contributed by atoms with E-state index < -0.39 is 23.7 Å². The van der Waals surface area contributed by atoms with Crippen molar-refractivity contribution in [1.82, 2.24) is 0 Å². The Morgan fingerprint density at radius 1 is 1.12 bits per heavy atom. The topological polar surface area (TPSA) is 72.6 Å². The number of carbonyl (C=O) groups is 2. The Bertz CT molecular complexity index is 680. The summed E-state index contributed by atoms with van der Waals surface area (Å²) in [6, 6.07) is 12.9. The number of hydrogen-bond acceptors (Lipinski definition) is 4. The molecule has 2 N–H and O–H groups in total. The van der Waals surface area contributed by atoms with Crippen molar-refractivity contribution >= 4 is 30.0 Å². The van der Waals surface area contributed by atoms with Gasteiger partial charge in [-0.05, 0) is 29.8 Å². The van der Waals surface area contributed by atoms with Crippen molar-refractivity contribution in [2.24, 2.45) is 5.73 Å². The van der Waals surface area contributed by atoms with Crippen LogP contribution in [0.4, 0.5) is 10.1 Å². The summed E-state index contributed by atoms with van der Waals surface area (Å²) in [6.45, 7) is -0.274. The Morgan fingerprint density at radius 2 is 1.71 bits per heavy atom. The Balaban J connectivity index is 0.00000288. The molecule has 7 heteroatoms. The second-order valence-electron chi connectivity index (χ2n) is 4.78. The van der Waals surface area contributed by atoms with Crippen molar-refractivity contribution in [1.29, 1.82) is 0 Å². The molecule has 2 rings (SSSR count). The number of amides is 1. The maximum Gasteiger partial charge on any atom is 0.333 e. The first-order chi connectivity index (χ1) is 11.1. The van der Waals surface area contributed by atoms with Gasteiger partial charge in [-0.2, -0.15) is 0 Å². The maximum absolute atomic E-state index is 13.2. The number of esters is 1. The molecule has 1 atom stereocenters. The Labute approximate surface area is 145 Å². The van der Waals surface area contributed by atoms with E-state index in [2.05, 4.69) is 0 Å².